The van der Waals surface area contributed by atoms with Crippen LogP contribution in [-0.4, -0.2) is 12.1 Å². The van der Waals surface area contributed by atoms with Crippen LogP contribution in [0.25, 0.3) is 0 Å². The van der Waals surface area contributed by atoms with Crippen LogP contribution >= 0.6 is 0 Å². The van der Waals surface area contributed by atoms with Crippen molar-refractivity contribution in [3.63, 3.8) is 0 Å². The summed E-state index contributed by atoms with van der Waals surface area (Å²) in [5, 5.41) is 0. The summed E-state index contributed by atoms with van der Waals surface area (Å²) in [5.41, 5.74) is 1.98. The summed E-state index contributed by atoms with van der Waals surface area (Å²) in [4.78, 5) is 12.4. The zero-order valence-electron chi connectivity index (χ0n) is 18.1. The Morgan fingerprint density at radius 1 is 0.778 bits per heavy atom. The molecule has 0 aliphatic heterocycles. The molecule has 0 amide bonds. The van der Waals surface area contributed by atoms with E-state index < -0.39 is 0 Å². The fourth-order valence-corrected chi connectivity index (χ4v) is 3.44. The average Bonchev–Trinajstić information content (AvgIpc) is 2.70. The Hall–Kier alpha value is -1.31. The Labute approximate surface area is 168 Å². The van der Waals surface area contributed by atoms with Crippen LogP contribution in [0.5, 0.6) is 0 Å². The number of benzene rings is 1. The van der Waals surface area contributed by atoms with Crippen LogP contribution in [0.15, 0.2) is 24.3 Å². The summed E-state index contributed by atoms with van der Waals surface area (Å²) in [6, 6.07) is 7.96. The number of hydrogen-bond acceptors (Lipinski definition) is 2. The van der Waals surface area contributed by atoms with Crippen LogP contribution in [0.2, 0.25) is 0 Å². The number of rotatable bonds is 16. The van der Waals surface area contributed by atoms with Crippen LogP contribution in [-0.2, 0) is 11.2 Å². The van der Waals surface area contributed by atoms with E-state index in [0.29, 0.717) is 5.56 Å². The van der Waals surface area contributed by atoms with E-state index in [1.165, 1.54) is 69.8 Å². The summed E-state index contributed by atoms with van der Waals surface area (Å²) < 4.78 is 5.74. The first-order valence-corrected chi connectivity index (χ1v) is 11.5. The molecule has 0 bridgehead atoms. The molecule has 0 fully saturated rings. The van der Waals surface area contributed by atoms with E-state index in [4.69, 9.17) is 4.74 Å². The monoisotopic (exact) mass is 374 g/mol. The van der Waals surface area contributed by atoms with E-state index in [-0.39, 0.29) is 12.1 Å². The second-order valence-electron chi connectivity index (χ2n) is 7.85. The Bertz CT molecular complexity index is 478. The van der Waals surface area contributed by atoms with Gasteiger partial charge in [0, 0.05) is 0 Å². The molecule has 0 N–H and O–H groups in total. The van der Waals surface area contributed by atoms with Crippen molar-refractivity contribution in [2.24, 2.45) is 0 Å². The molecule has 0 saturated heterocycles. The molecule has 1 unspecified atom stereocenters. The lowest BCUT2D eigenvalue weighted by atomic mass is 10.0. The third-order valence-electron chi connectivity index (χ3n) is 5.37. The first kappa shape index (κ1) is 23.7. The molecule has 0 heterocycles. The van der Waals surface area contributed by atoms with E-state index >= 15 is 0 Å². The largest absolute Gasteiger partial charge is 0.459 e. The molecular weight excluding hydrogens is 332 g/mol. The van der Waals surface area contributed by atoms with Gasteiger partial charge in [0.1, 0.15) is 6.10 Å². The van der Waals surface area contributed by atoms with Gasteiger partial charge in [-0.1, -0.05) is 90.7 Å². The molecule has 27 heavy (non-hydrogen) atoms. The maximum Gasteiger partial charge on any atom is 0.338 e. The number of carbonyl (C=O) groups is 1. The van der Waals surface area contributed by atoms with Crippen LogP contribution < -0.4 is 0 Å². The lowest BCUT2D eigenvalue weighted by Crippen LogP contribution is -2.17. The Morgan fingerprint density at radius 3 is 1.89 bits per heavy atom. The van der Waals surface area contributed by atoms with E-state index in [0.717, 1.165) is 25.7 Å². The van der Waals surface area contributed by atoms with E-state index in [9.17, 15) is 4.79 Å². The molecule has 0 spiro atoms. The van der Waals surface area contributed by atoms with Crippen LogP contribution in [0.1, 0.15) is 120 Å². The predicted octanol–water partition coefficient (Wildman–Crippen LogP) is 7.89. The summed E-state index contributed by atoms with van der Waals surface area (Å²) in [5.74, 6) is -0.167. The van der Waals surface area contributed by atoms with Gasteiger partial charge in [-0.3, -0.25) is 0 Å². The first-order chi connectivity index (χ1) is 13.2. The third-order valence-corrected chi connectivity index (χ3v) is 5.37. The quantitative estimate of drug-likeness (QED) is 0.217. The molecule has 154 valence electrons. The minimum absolute atomic E-state index is 0.0572. The van der Waals surface area contributed by atoms with Crippen LogP contribution in [0.3, 0.4) is 0 Å². The van der Waals surface area contributed by atoms with E-state index in [2.05, 4.69) is 32.9 Å². The fraction of sp³-hybridized carbons (Fsp3) is 0.720. The molecule has 1 aromatic carbocycles. The van der Waals surface area contributed by atoms with Gasteiger partial charge < -0.3 is 4.74 Å². The first-order valence-electron chi connectivity index (χ1n) is 11.5. The van der Waals surface area contributed by atoms with Crippen molar-refractivity contribution < 1.29 is 9.53 Å². The lowest BCUT2D eigenvalue weighted by Gasteiger charge is -2.16. The molecule has 0 aliphatic carbocycles. The highest BCUT2D eigenvalue weighted by Crippen LogP contribution is 2.16. The van der Waals surface area contributed by atoms with Gasteiger partial charge in [0.15, 0.2) is 0 Å². The highest BCUT2D eigenvalue weighted by molar-refractivity contribution is 5.89. The number of unbranched alkanes of at least 4 members (excludes halogenated alkanes) is 9. The van der Waals surface area contributed by atoms with Crippen molar-refractivity contribution in [2.45, 2.75) is 117 Å². The topological polar surface area (TPSA) is 26.3 Å². The van der Waals surface area contributed by atoms with Gasteiger partial charge >= 0.3 is 5.97 Å². The van der Waals surface area contributed by atoms with Crippen molar-refractivity contribution in [3.8, 4) is 0 Å². The van der Waals surface area contributed by atoms with Gasteiger partial charge in [-0.05, 0) is 49.8 Å². The number of hydrogen-bond donors (Lipinski definition) is 0. The summed E-state index contributed by atoms with van der Waals surface area (Å²) in [6.07, 6.45) is 17.4. The molecule has 0 radical (unpaired) electrons. The van der Waals surface area contributed by atoms with Crippen molar-refractivity contribution in [1.82, 2.24) is 0 Å². The van der Waals surface area contributed by atoms with Crippen molar-refractivity contribution in [2.75, 3.05) is 0 Å². The minimum Gasteiger partial charge on any atom is -0.459 e. The molecular formula is C25H42O2. The number of aryl methyl sites for hydroxylation is 1. The highest BCUT2D eigenvalue weighted by Gasteiger charge is 2.14. The standard InChI is InChI=1S/C25H42O2/c1-4-7-9-10-11-12-13-14-15-17-24(6-3)27-25(26)23-20-18-22(19-21-23)16-8-5-2/h18-21,24H,4-17H2,1-3H3. The molecule has 2 heteroatoms. The van der Waals surface area contributed by atoms with Gasteiger partial charge in [-0.15, -0.1) is 0 Å². The van der Waals surface area contributed by atoms with Gasteiger partial charge in [-0.2, -0.15) is 0 Å². The zero-order valence-corrected chi connectivity index (χ0v) is 18.1. The van der Waals surface area contributed by atoms with Gasteiger partial charge in [-0.25, -0.2) is 4.79 Å². The molecule has 1 atom stereocenters. The molecule has 1 rings (SSSR count). The maximum atomic E-state index is 12.4. The maximum absolute atomic E-state index is 12.4. The van der Waals surface area contributed by atoms with E-state index in [1.807, 2.05) is 12.1 Å². The van der Waals surface area contributed by atoms with Crippen molar-refractivity contribution in [3.05, 3.63) is 35.4 Å². The number of ether oxygens (including phenoxy) is 1. The Kier molecular flexibility index (Phi) is 13.8. The van der Waals surface area contributed by atoms with Gasteiger partial charge in [0.05, 0.1) is 5.56 Å². The zero-order chi connectivity index (χ0) is 19.7. The Balaban J connectivity index is 2.21. The molecule has 2 nitrogen and oxygen atoms in total. The van der Waals surface area contributed by atoms with Crippen molar-refractivity contribution in [1.29, 1.82) is 0 Å². The predicted molar refractivity (Wildman–Crippen MR) is 116 cm³/mol. The number of carbonyl (C=O) groups excluding carboxylic acids is 1. The third kappa shape index (κ3) is 11.2. The second-order valence-corrected chi connectivity index (χ2v) is 7.85. The lowest BCUT2D eigenvalue weighted by molar-refractivity contribution is 0.0267. The number of esters is 1. The van der Waals surface area contributed by atoms with Gasteiger partial charge in [0.25, 0.3) is 0 Å². The van der Waals surface area contributed by atoms with Crippen LogP contribution in [0, 0.1) is 0 Å². The normalized spacial score (nSPS) is 12.1. The second kappa shape index (κ2) is 15.7. The minimum atomic E-state index is -0.167. The average molecular weight is 375 g/mol. The van der Waals surface area contributed by atoms with E-state index in [1.54, 1.807) is 0 Å². The summed E-state index contributed by atoms with van der Waals surface area (Å²) in [7, 11) is 0. The molecule has 0 aliphatic rings. The summed E-state index contributed by atoms with van der Waals surface area (Å²) >= 11 is 0. The molecule has 1 aromatic rings. The van der Waals surface area contributed by atoms with Crippen LogP contribution in [0.4, 0.5) is 0 Å². The Morgan fingerprint density at radius 2 is 1.33 bits per heavy atom. The molecule has 0 saturated carbocycles. The smallest absolute Gasteiger partial charge is 0.338 e. The highest BCUT2D eigenvalue weighted by atomic mass is 16.5. The fourth-order valence-electron chi connectivity index (χ4n) is 3.44. The SMILES string of the molecule is CCCCCCCCCCCC(CC)OC(=O)c1ccc(CCCC)cc1. The van der Waals surface area contributed by atoms with Gasteiger partial charge in [0.2, 0.25) is 0 Å². The summed E-state index contributed by atoms with van der Waals surface area (Å²) in [6.45, 7) is 6.57. The molecule has 0 aromatic heterocycles. The van der Waals surface area contributed by atoms with Crippen molar-refractivity contribution >= 4 is 5.97 Å².